The summed E-state index contributed by atoms with van der Waals surface area (Å²) < 4.78 is 7.60. The monoisotopic (exact) mass is 404 g/mol. The molecule has 2 aliphatic rings. The van der Waals surface area contributed by atoms with Gasteiger partial charge in [0.1, 0.15) is 17.8 Å². The number of methoxy groups -OCH3 is 1. The second-order valence-electron chi connectivity index (χ2n) is 7.34. The van der Waals surface area contributed by atoms with Crippen LogP contribution in [0.2, 0.25) is 0 Å². The molecule has 148 valence electrons. The Morgan fingerprint density at radius 3 is 2.69 bits per heavy atom. The first-order valence-electron chi connectivity index (χ1n) is 10.0. The third-order valence-corrected chi connectivity index (χ3v) is 6.89. The van der Waals surface area contributed by atoms with Crippen LogP contribution in [-0.2, 0) is 0 Å². The Hall–Kier alpha value is -2.73. The number of hydrogen-bond donors (Lipinski definition) is 0. The Morgan fingerprint density at radius 2 is 1.97 bits per heavy atom. The Bertz CT molecular complexity index is 1010. The summed E-state index contributed by atoms with van der Waals surface area (Å²) >= 11 is 1.87. The molecule has 2 aromatic heterocycles. The lowest BCUT2D eigenvalue weighted by atomic mass is 9.99. The van der Waals surface area contributed by atoms with Gasteiger partial charge in [-0.05, 0) is 55.0 Å². The number of rotatable bonds is 5. The molecule has 3 aromatic rings. The predicted molar refractivity (Wildman–Crippen MR) is 118 cm³/mol. The van der Waals surface area contributed by atoms with Crippen LogP contribution in [-0.4, -0.2) is 38.5 Å². The maximum atomic E-state index is 5.33. The lowest BCUT2D eigenvalue weighted by Gasteiger charge is -2.32. The van der Waals surface area contributed by atoms with Crippen molar-refractivity contribution in [3.8, 4) is 11.4 Å². The van der Waals surface area contributed by atoms with Crippen LogP contribution in [0.3, 0.4) is 0 Å². The van der Waals surface area contributed by atoms with Crippen molar-refractivity contribution in [2.45, 2.75) is 31.5 Å². The topological polar surface area (TPSA) is 42.6 Å². The zero-order valence-electron chi connectivity index (χ0n) is 16.6. The van der Waals surface area contributed by atoms with E-state index in [-0.39, 0.29) is 12.1 Å². The molecule has 0 spiro atoms. The quantitative estimate of drug-likeness (QED) is 0.609. The van der Waals surface area contributed by atoms with Crippen molar-refractivity contribution in [1.29, 1.82) is 0 Å². The van der Waals surface area contributed by atoms with Gasteiger partial charge in [0, 0.05) is 35.6 Å². The number of pyridine rings is 1. The number of ether oxygens (including phenoxy) is 1. The molecule has 1 aromatic carbocycles. The van der Waals surface area contributed by atoms with Gasteiger partial charge in [-0.25, -0.2) is 0 Å². The summed E-state index contributed by atoms with van der Waals surface area (Å²) in [6.45, 7) is 2.27. The number of benzene rings is 1. The lowest BCUT2D eigenvalue weighted by molar-refractivity contribution is 0.249. The Morgan fingerprint density at radius 1 is 1.10 bits per heavy atom. The van der Waals surface area contributed by atoms with Gasteiger partial charge in [0.15, 0.2) is 5.17 Å². The predicted octanol–water partition coefficient (Wildman–Crippen LogP) is 4.86. The van der Waals surface area contributed by atoms with Crippen LogP contribution < -0.4 is 4.74 Å². The molecule has 0 N–H and O–H groups in total. The molecule has 0 radical (unpaired) electrons. The van der Waals surface area contributed by atoms with E-state index < -0.39 is 0 Å². The molecule has 3 atom stereocenters. The summed E-state index contributed by atoms with van der Waals surface area (Å²) in [5.74, 6) is 1.96. The molecular weight excluding hydrogens is 380 g/mol. The Kier molecular flexibility index (Phi) is 4.79. The van der Waals surface area contributed by atoms with E-state index in [0.717, 1.165) is 34.5 Å². The highest BCUT2D eigenvalue weighted by molar-refractivity contribution is 8.14. The van der Waals surface area contributed by atoms with Gasteiger partial charge in [0.05, 0.1) is 12.8 Å². The molecular formula is C23H24N4OS. The molecule has 5 rings (SSSR count). The number of amidine groups is 1. The minimum atomic E-state index is -0.0000478. The zero-order valence-corrected chi connectivity index (χ0v) is 17.4. The Balaban J connectivity index is 1.60. The maximum Gasteiger partial charge on any atom is 0.160 e. The van der Waals surface area contributed by atoms with Crippen molar-refractivity contribution in [3.05, 3.63) is 78.4 Å². The minimum Gasteiger partial charge on any atom is -0.497 e. The van der Waals surface area contributed by atoms with Crippen molar-refractivity contribution in [3.63, 3.8) is 0 Å². The maximum absolute atomic E-state index is 5.33. The molecule has 4 heterocycles. The fraction of sp³-hybridized carbons (Fsp3) is 0.304. The van der Waals surface area contributed by atoms with E-state index in [1.807, 2.05) is 36.2 Å². The second-order valence-corrected chi connectivity index (χ2v) is 8.32. The molecule has 3 unspecified atom stereocenters. The van der Waals surface area contributed by atoms with E-state index in [4.69, 9.17) is 9.73 Å². The smallest absolute Gasteiger partial charge is 0.160 e. The molecule has 1 saturated heterocycles. The summed E-state index contributed by atoms with van der Waals surface area (Å²) in [7, 11) is 1.70. The first-order chi connectivity index (χ1) is 14.3. The van der Waals surface area contributed by atoms with Crippen LogP contribution in [0.4, 0.5) is 0 Å². The highest BCUT2D eigenvalue weighted by Gasteiger charge is 2.46. The minimum absolute atomic E-state index is 0.0000478. The van der Waals surface area contributed by atoms with Gasteiger partial charge in [-0.1, -0.05) is 24.8 Å². The fourth-order valence-electron chi connectivity index (χ4n) is 4.28. The first kappa shape index (κ1) is 18.3. The van der Waals surface area contributed by atoms with Crippen LogP contribution in [0.1, 0.15) is 36.8 Å². The van der Waals surface area contributed by atoms with Crippen molar-refractivity contribution in [2.24, 2.45) is 4.99 Å². The SMILES string of the molecule is CCC1CSC2=NC(c3ccccn3)C(c3cccn3-c3ccc(OC)cc3)N21. The molecule has 0 amide bonds. The third-order valence-electron chi connectivity index (χ3n) is 5.76. The first-order valence-corrected chi connectivity index (χ1v) is 11.0. The number of nitrogens with zero attached hydrogens (tertiary/aromatic N) is 4. The highest BCUT2D eigenvalue weighted by Crippen LogP contribution is 2.48. The summed E-state index contributed by atoms with van der Waals surface area (Å²) in [4.78, 5) is 12.3. The van der Waals surface area contributed by atoms with Crippen LogP contribution in [0.25, 0.3) is 5.69 Å². The van der Waals surface area contributed by atoms with E-state index >= 15 is 0 Å². The van der Waals surface area contributed by atoms with Gasteiger partial charge in [-0.2, -0.15) is 0 Å². The molecule has 5 nitrogen and oxygen atoms in total. The van der Waals surface area contributed by atoms with Crippen molar-refractivity contribution < 1.29 is 4.74 Å². The largest absolute Gasteiger partial charge is 0.497 e. The van der Waals surface area contributed by atoms with E-state index in [1.54, 1.807) is 7.11 Å². The molecule has 6 heteroatoms. The average Bonchev–Trinajstić information content (AvgIpc) is 3.49. The van der Waals surface area contributed by atoms with Gasteiger partial charge in [0.25, 0.3) is 0 Å². The molecule has 2 aliphatic heterocycles. The van der Waals surface area contributed by atoms with Gasteiger partial charge < -0.3 is 14.2 Å². The zero-order chi connectivity index (χ0) is 19.8. The van der Waals surface area contributed by atoms with E-state index in [2.05, 4.69) is 64.0 Å². The summed E-state index contributed by atoms with van der Waals surface area (Å²) in [6.07, 6.45) is 5.11. The van der Waals surface area contributed by atoms with E-state index in [0.29, 0.717) is 6.04 Å². The third kappa shape index (κ3) is 3.12. The molecule has 29 heavy (non-hydrogen) atoms. The summed E-state index contributed by atoms with van der Waals surface area (Å²) in [5, 5.41) is 1.15. The molecule has 1 fully saturated rings. The van der Waals surface area contributed by atoms with Gasteiger partial charge in [-0.15, -0.1) is 0 Å². The van der Waals surface area contributed by atoms with Crippen molar-refractivity contribution in [1.82, 2.24) is 14.5 Å². The number of aromatic nitrogens is 2. The molecule has 0 saturated carbocycles. The number of fused-ring (bicyclic) bond motifs is 1. The van der Waals surface area contributed by atoms with Crippen LogP contribution in [0, 0.1) is 0 Å². The summed E-state index contributed by atoms with van der Waals surface area (Å²) in [6, 6.07) is 19.3. The number of aliphatic imine (C=N–C) groups is 1. The van der Waals surface area contributed by atoms with Crippen LogP contribution in [0.15, 0.2) is 72.0 Å². The van der Waals surface area contributed by atoms with E-state index in [9.17, 15) is 0 Å². The highest BCUT2D eigenvalue weighted by atomic mass is 32.2. The van der Waals surface area contributed by atoms with Gasteiger partial charge >= 0.3 is 0 Å². The second kappa shape index (κ2) is 7.59. The average molecular weight is 405 g/mol. The van der Waals surface area contributed by atoms with Gasteiger partial charge in [0.2, 0.25) is 0 Å². The van der Waals surface area contributed by atoms with Crippen molar-refractivity contribution in [2.75, 3.05) is 12.9 Å². The number of hydrogen-bond acceptors (Lipinski definition) is 5. The summed E-state index contributed by atoms with van der Waals surface area (Å²) in [5.41, 5.74) is 3.39. The van der Waals surface area contributed by atoms with Gasteiger partial charge in [-0.3, -0.25) is 9.98 Å². The van der Waals surface area contributed by atoms with Crippen LogP contribution >= 0.6 is 11.8 Å². The normalized spacial score (nSPS) is 23.2. The van der Waals surface area contributed by atoms with Crippen LogP contribution in [0.5, 0.6) is 5.75 Å². The van der Waals surface area contributed by atoms with E-state index in [1.165, 1.54) is 5.69 Å². The molecule has 0 aliphatic carbocycles. The lowest BCUT2D eigenvalue weighted by Crippen LogP contribution is -2.36. The Labute approximate surface area is 175 Å². The standard InChI is InChI=1S/C23H24N4OS/c1-3-16-15-29-23-25-21(19-7-4-5-13-24-19)22(27(16)23)20-8-6-14-26(20)17-9-11-18(28-2)12-10-17/h4-14,16,21-22H,3,15H2,1-2H3. The molecule has 0 bridgehead atoms. The van der Waals surface area contributed by atoms with Crippen molar-refractivity contribution >= 4 is 16.9 Å². The fourth-order valence-corrected chi connectivity index (χ4v) is 5.62. The number of thioether (sulfide) groups is 1.